The Kier molecular flexibility index (Phi) is 5.06. The van der Waals surface area contributed by atoms with Crippen molar-refractivity contribution in [2.45, 2.75) is 6.54 Å². The van der Waals surface area contributed by atoms with E-state index in [0.717, 1.165) is 28.7 Å². The molecule has 0 saturated heterocycles. The van der Waals surface area contributed by atoms with Crippen LogP contribution < -0.4 is 0 Å². The van der Waals surface area contributed by atoms with Gasteiger partial charge in [-0.1, -0.05) is 11.6 Å². The Morgan fingerprint density at radius 1 is 1.06 bits per heavy atom. The van der Waals surface area contributed by atoms with Crippen LogP contribution in [0.4, 0.5) is 0 Å². The van der Waals surface area contributed by atoms with Gasteiger partial charge in [-0.2, -0.15) is 0 Å². The molecule has 0 spiro atoms. The van der Waals surface area contributed by atoms with Crippen LogP contribution >= 0.6 is 24.0 Å². The molecule has 92 valence electrons. The number of hydrogen-bond acceptors (Lipinski definition) is 2. The van der Waals surface area contributed by atoms with Gasteiger partial charge < -0.3 is 9.32 Å². The molecule has 1 aromatic carbocycles. The number of nitrogens with zero attached hydrogens (tertiary/aromatic N) is 1. The van der Waals surface area contributed by atoms with E-state index in [1.165, 1.54) is 0 Å². The fourth-order valence-corrected chi connectivity index (χ4v) is 1.67. The Balaban J connectivity index is 0.00000144. The molecule has 0 bridgehead atoms. The van der Waals surface area contributed by atoms with E-state index >= 15 is 0 Å². The van der Waals surface area contributed by atoms with Crippen molar-refractivity contribution in [1.82, 2.24) is 4.90 Å². The molecule has 0 fully saturated rings. The Morgan fingerprint density at radius 3 is 2.29 bits per heavy atom. The lowest BCUT2D eigenvalue weighted by molar-refractivity contribution is 0.353. The molecule has 0 unspecified atom stereocenters. The van der Waals surface area contributed by atoms with Gasteiger partial charge in [-0.3, -0.25) is 0 Å². The van der Waals surface area contributed by atoms with Gasteiger partial charge in [-0.25, -0.2) is 0 Å². The van der Waals surface area contributed by atoms with Crippen LogP contribution in [-0.2, 0) is 6.54 Å². The third kappa shape index (κ3) is 3.77. The van der Waals surface area contributed by atoms with Gasteiger partial charge in [0.2, 0.25) is 0 Å². The van der Waals surface area contributed by atoms with Crippen molar-refractivity contribution in [2.75, 3.05) is 14.1 Å². The summed E-state index contributed by atoms with van der Waals surface area (Å²) in [5.41, 5.74) is 1.05. The normalized spacial score (nSPS) is 10.4. The third-order valence-corrected chi connectivity index (χ3v) is 2.51. The van der Waals surface area contributed by atoms with E-state index in [9.17, 15) is 0 Å². The molecule has 0 atom stereocenters. The molecular formula is C13H15Cl2NO. The predicted molar refractivity (Wildman–Crippen MR) is 73.8 cm³/mol. The second-order valence-corrected chi connectivity index (χ2v) is 4.45. The van der Waals surface area contributed by atoms with Gasteiger partial charge in [0.1, 0.15) is 11.5 Å². The quantitative estimate of drug-likeness (QED) is 0.837. The molecule has 1 heterocycles. The fourth-order valence-electron chi connectivity index (χ4n) is 1.54. The Hall–Kier alpha value is -0.960. The van der Waals surface area contributed by atoms with Crippen LogP contribution in [0.25, 0.3) is 11.3 Å². The first-order chi connectivity index (χ1) is 7.65. The molecule has 0 radical (unpaired) electrons. The zero-order valence-electron chi connectivity index (χ0n) is 9.81. The Bertz CT molecular complexity index is 463. The first-order valence-corrected chi connectivity index (χ1v) is 5.52. The van der Waals surface area contributed by atoms with Crippen LogP contribution in [-0.4, -0.2) is 19.0 Å². The molecule has 2 nitrogen and oxygen atoms in total. The van der Waals surface area contributed by atoms with Crippen molar-refractivity contribution < 1.29 is 4.42 Å². The predicted octanol–water partition coefficient (Wildman–Crippen LogP) is 4.08. The van der Waals surface area contributed by atoms with Gasteiger partial charge in [-0.15, -0.1) is 12.4 Å². The maximum Gasteiger partial charge on any atom is 0.134 e. The summed E-state index contributed by atoms with van der Waals surface area (Å²) >= 11 is 5.84. The molecule has 2 rings (SSSR count). The van der Waals surface area contributed by atoms with E-state index in [1.54, 1.807) is 0 Å². The number of rotatable bonds is 3. The molecule has 0 aliphatic carbocycles. The molecule has 1 aromatic heterocycles. The first-order valence-electron chi connectivity index (χ1n) is 5.14. The van der Waals surface area contributed by atoms with Crippen LogP contribution in [0.2, 0.25) is 5.02 Å². The second kappa shape index (κ2) is 6.10. The van der Waals surface area contributed by atoms with Crippen molar-refractivity contribution in [3.63, 3.8) is 0 Å². The van der Waals surface area contributed by atoms with Crippen molar-refractivity contribution in [3.05, 3.63) is 47.2 Å². The zero-order valence-corrected chi connectivity index (χ0v) is 11.4. The van der Waals surface area contributed by atoms with E-state index in [-0.39, 0.29) is 12.4 Å². The van der Waals surface area contributed by atoms with E-state index in [0.29, 0.717) is 0 Å². The van der Waals surface area contributed by atoms with Crippen LogP contribution in [0.15, 0.2) is 40.8 Å². The monoisotopic (exact) mass is 271 g/mol. The minimum absolute atomic E-state index is 0. The van der Waals surface area contributed by atoms with Crippen LogP contribution in [0, 0.1) is 0 Å². The maximum atomic E-state index is 5.84. The van der Waals surface area contributed by atoms with Crippen LogP contribution in [0.3, 0.4) is 0 Å². The largest absolute Gasteiger partial charge is 0.460 e. The van der Waals surface area contributed by atoms with E-state index < -0.39 is 0 Å². The summed E-state index contributed by atoms with van der Waals surface area (Å²) in [6.07, 6.45) is 0. The first kappa shape index (κ1) is 14.1. The average molecular weight is 272 g/mol. The molecule has 4 heteroatoms. The second-order valence-electron chi connectivity index (χ2n) is 4.01. The van der Waals surface area contributed by atoms with Gasteiger partial charge in [0.15, 0.2) is 0 Å². The molecule has 17 heavy (non-hydrogen) atoms. The molecule has 0 amide bonds. The minimum Gasteiger partial charge on any atom is -0.460 e. The number of hydrogen-bond donors (Lipinski definition) is 0. The highest BCUT2D eigenvalue weighted by molar-refractivity contribution is 6.30. The van der Waals surface area contributed by atoms with Crippen LogP contribution in [0.1, 0.15) is 5.76 Å². The number of furan rings is 1. The van der Waals surface area contributed by atoms with Crippen molar-refractivity contribution in [2.24, 2.45) is 0 Å². The van der Waals surface area contributed by atoms with Crippen molar-refractivity contribution in [3.8, 4) is 11.3 Å². The maximum absolute atomic E-state index is 5.84. The molecule has 0 N–H and O–H groups in total. The highest BCUT2D eigenvalue weighted by Gasteiger charge is 2.05. The van der Waals surface area contributed by atoms with E-state index in [1.807, 2.05) is 50.5 Å². The average Bonchev–Trinajstić information content (AvgIpc) is 2.66. The third-order valence-electron chi connectivity index (χ3n) is 2.26. The van der Waals surface area contributed by atoms with Crippen molar-refractivity contribution >= 4 is 24.0 Å². The zero-order chi connectivity index (χ0) is 11.5. The van der Waals surface area contributed by atoms with Gasteiger partial charge >= 0.3 is 0 Å². The summed E-state index contributed by atoms with van der Waals surface area (Å²) in [5, 5.41) is 0.740. The summed E-state index contributed by atoms with van der Waals surface area (Å²) in [5.74, 6) is 1.85. The van der Waals surface area contributed by atoms with E-state index in [4.69, 9.17) is 16.0 Å². The Morgan fingerprint density at radius 2 is 1.71 bits per heavy atom. The van der Waals surface area contributed by atoms with Gasteiger partial charge in [0.25, 0.3) is 0 Å². The Labute approximate surface area is 113 Å². The highest BCUT2D eigenvalue weighted by atomic mass is 35.5. The number of benzene rings is 1. The lowest BCUT2D eigenvalue weighted by Crippen LogP contribution is -2.09. The summed E-state index contributed by atoms with van der Waals surface area (Å²) in [6.45, 7) is 0.813. The van der Waals surface area contributed by atoms with Gasteiger partial charge in [0, 0.05) is 10.6 Å². The summed E-state index contributed by atoms with van der Waals surface area (Å²) < 4.78 is 5.74. The molecule has 0 saturated carbocycles. The summed E-state index contributed by atoms with van der Waals surface area (Å²) in [6, 6.07) is 11.6. The minimum atomic E-state index is 0. The standard InChI is InChI=1S/C13H14ClNO.ClH/c1-15(2)9-12-7-8-13(16-12)10-3-5-11(14)6-4-10;/h3-8H,9H2,1-2H3;1H. The molecule has 0 aliphatic heterocycles. The summed E-state index contributed by atoms with van der Waals surface area (Å²) in [4.78, 5) is 2.07. The molecule has 2 aromatic rings. The van der Waals surface area contributed by atoms with E-state index in [2.05, 4.69) is 4.90 Å². The summed E-state index contributed by atoms with van der Waals surface area (Å²) in [7, 11) is 4.04. The van der Waals surface area contributed by atoms with Crippen LogP contribution in [0.5, 0.6) is 0 Å². The number of halogens is 2. The fraction of sp³-hybridized carbons (Fsp3) is 0.231. The molecule has 0 aliphatic rings. The SMILES string of the molecule is CN(C)Cc1ccc(-c2ccc(Cl)cc2)o1.Cl. The van der Waals surface area contributed by atoms with Gasteiger partial charge in [-0.05, 0) is 50.5 Å². The molecular weight excluding hydrogens is 257 g/mol. The lowest BCUT2D eigenvalue weighted by atomic mass is 10.2. The topological polar surface area (TPSA) is 16.4 Å². The highest BCUT2D eigenvalue weighted by Crippen LogP contribution is 2.24. The lowest BCUT2D eigenvalue weighted by Gasteiger charge is -2.05. The smallest absolute Gasteiger partial charge is 0.134 e. The van der Waals surface area contributed by atoms with Gasteiger partial charge in [0.05, 0.1) is 6.54 Å². The van der Waals surface area contributed by atoms with Crippen molar-refractivity contribution in [1.29, 1.82) is 0 Å².